The van der Waals surface area contributed by atoms with Crippen molar-refractivity contribution in [3.05, 3.63) is 61.5 Å². The molecule has 1 N–H and O–H groups in total. The van der Waals surface area contributed by atoms with E-state index in [2.05, 4.69) is 29.1 Å². The zero-order valence-electron chi connectivity index (χ0n) is 13.5. The quantitative estimate of drug-likeness (QED) is 0.731. The molecular formula is C18H19N3OS2. The monoisotopic (exact) mass is 357 g/mol. The Morgan fingerprint density at radius 3 is 2.88 bits per heavy atom. The summed E-state index contributed by atoms with van der Waals surface area (Å²) in [4.78, 5) is 20.9. The molecule has 3 heterocycles. The predicted molar refractivity (Wildman–Crippen MR) is 101 cm³/mol. The molecule has 0 aliphatic carbocycles. The van der Waals surface area contributed by atoms with E-state index in [0.717, 1.165) is 36.1 Å². The van der Waals surface area contributed by atoms with Gasteiger partial charge in [0.1, 0.15) is 4.83 Å². The third kappa shape index (κ3) is 2.75. The van der Waals surface area contributed by atoms with Gasteiger partial charge in [0.05, 0.1) is 5.39 Å². The van der Waals surface area contributed by atoms with Crippen LogP contribution < -0.4 is 5.56 Å². The van der Waals surface area contributed by atoms with E-state index in [1.807, 2.05) is 18.2 Å². The molecule has 0 radical (unpaired) electrons. The molecule has 0 saturated carbocycles. The van der Waals surface area contributed by atoms with Crippen molar-refractivity contribution in [1.29, 1.82) is 0 Å². The van der Waals surface area contributed by atoms with Gasteiger partial charge in [-0.15, -0.1) is 11.3 Å². The first-order valence-corrected chi connectivity index (χ1v) is 9.36. The molecule has 1 aromatic carbocycles. The van der Waals surface area contributed by atoms with E-state index in [1.54, 1.807) is 15.9 Å². The minimum absolute atomic E-state index is 0.0618. The molecule has 0 spiro atoms. The molecular weight excluding hydrogens is 338 g/mol. The SMILES string of the molecule is CN1CCc2c(sc3[nH]c(=S)n(CCc4ccccc4)c(=O)c23)C1. The summed E-state index contributed by atoms with van der Waals surface area (Å²) in [5, 5.41) is 0.852. The summed E-state index contributed by atoms with van der Waals surface area (Å²) in [5.74, 6) is 0. The number of nitrogens with one attached hydrogen (secondary N) is 1. The number of thiophene rings is 1. The van der Waals surface area contributed by atoms with Crippen LogP contribution >= 0.6 is 23.6 Å². The molecule has 1 aliphatic rings. The van der Waals surface area contributed by atoms with E-state index in [4.69, 9.17) is 12.2 Å². The Balaban J connectivity index is 1.76. The van der Waals surface area contributed by atoms with Crippen LogP contribution in [0.1, 0.15) is 16.0 Å². The van der Waals surface area contributed by atoms with Crippen molar-refractivity contribution in [2.45, 2.75) is 25.9 Å². The van der Waals surface area contributed by atoms with E-state index in [0.29, 0.717) is 11.3 Å². The highest BCUT2D eigenvalue weighted by molar-refractivity contribution is 7.71. The van der Waals surface area contributed by atoms with Crippen molar-refractivity contribution < 1.29 is 0 Å². The summed E-state index contributed by atoms with van der Waals surface area (Å²) < 4.78 is 2.24. The summed E-state index contributed by atoms with van der Waals surface area (Å²) in [5.41, 5.74) is 2.50. The Bertz CT molecular complexity index is 1000. The Kier molecular flexibility index (Phi) is 4.12. The Morgan fingerprint density at radius 2 is 2.08 bits per heavy atom. The van der Waals surface area contributed by atoms with Crippen molar-refractivity contribution in [2.24, 2.45) is 0 Å². The Hall–Kier alpha value is -1.76. The maximum Gasteiger partial charge on any atom is 0.263 e. The van der Waals surface area contributed by atoms with Gasteiger partial charge < -0.3 is 9.88 Å². The lowest BCUT2D eigenvalue weighted by molar-refractivity contribution is 0.318. The van der Waals surface area contributed by atoms with Gasteiger partial charge in [0.25, 0.3) is 5.56 Å². The van der Waals surface area contributed by atoms with Gasteiger partial charge in [0.2, 0.25) is 0 Å². The lowest BCUT2D eigenvalue weighted by atomic mass is 10.1. The molecule has 3 aromatic rings. The smallest absolute Gasteiger partial charge is 0.263 e. The van der Waals surface area contributed by atoms with E-state index in [-0.39, 0.29) is 5.56 Å². The van der Waals surface area contributed by atoms with Crippen molar-refractivity contribution in [2.75, 3.05) is 13.6 Å². The number of hydrogen-bond acceptors (Lipinski definition) is 4. The maximum atomic E-state index is 13.1. The first-order valence-electron chi connectivity index (χ1n) is 8.13. The highest BCUT2D eigenvalue weighted by atomic mass is 32.1. The summed E-state index contributed by atoms with van der Waals surface area (Å²) in [7, 11) is 2.12. The molecule has 4 rings (SSSR count). The average Bonchev–Trinajstić information content (AvgIpc) is 2.92. The van der Waals surface area contributed by atoms with E-state index in [1.165, 1.54) is 16.0 Å². The standard InChI is InChI=1S/C18H19N3OS2/c1-20-9-8-13-14(11-20)24-16-15(13)17(22)21(18(23)19-16)10-7-12-5-3-2-4-6-12/h2-6H,7-11H2,1H3,(H,19,23). The number of likely N-dealkylation sites (N-methyl/N-ethyl adjacent to an activating group) is 1. The molecule has 1 aliphatic heterocycles. The molecule has 0 amide bonds. The Labute approximate surface area is 149 Å². The van der Waals surface area contributed by atoms with Crippen LogP contribution in [0.15, 0.2) is 35.1 Å². The van der Waals surface area contributed by atoms with Crippen LogP contribution in [0.3, 0.4) is 0 Å². The van der Waals surface area contributed by atoms with Gasteiger partial charge in [-0.2, -0.15) is 0 Å². The lowest BCUT2D eigenvalue weighted by Crippen LogP contribution is -2.27. The van der Waals surface area contributed by atoms with Crippen LogP contribution in [-0.2, 0) is 25.9 Å². The maximum absolute atomic E-state index is 13.1. The van der Waals surface area contributed by atoms with Gasteiger partial charge in [-0.3, -0.25) is 9.36 Å². The molecule has 24 heavy (non-hydrogen) atoms. The van der Waals surface area contributed by atoms with Crippen molar-refractivity contribution >= 4 is 33.8 Å². The fraction of sp³-hybridized carbons (Fsp3) is 0.333. The fourth-order valence-electron chi connectivity index (χ4n) is 3.33. The second-order valence-corrected chi connectivity index (χ2v) is 7.81. The molecule has 0 atom stereocenters. The molecule has 6 heteroatoms. The average molecular weight is 358 g/mol. The summed E-state index contributed by atoms with van der Waals surface area (Å²) >= 11 is 7.13. The highest BCUT2D eigenvalue weighted by Gasteiger charge is 2.22. The molecule has 124 valence electrons. The molecule has 4 nitrogen and oxygen atoms in total. The number of fused-ring (bicyclic) bond motifs is 3. The third-order valence-electron chi connectivity index (χ3n) is 4.64. The lowest BCUT2D eigenvalue weighted by Gasteiger charge is -2.21. The summed E-state index contributed by atoms with van der Waals surface area (Å²) in [6.45, 7) is 2.52. The number of H-pyrrole nitrogens is 1. The van der Waals surface area contributed by atoms with Crippen LogP contribution in [0.5, 0.6) is 0 Å². The van der Waals surface area contributed by atoms with Gasteiger partial charge in [0, 0.05) is 24.5 Å². The largest absolute Gasteiger partial charge is 0.323 e. The van der Waals surface area contributed by atoms with Crippen LogP contribution in [-0.4, -0.2) is 28.0 Å². The van der Waals surface area contributed by atoms with E-state index >= 15 is 0 Å². The van der Waals surface area contributed by atoms with Gasteiger partial charge in [-0.1, -0.05) is 30.3 Å². The minimum Gasteiger partial charge on any atom is -0.323 e. The van der Waals surface area contributed by atoms with Crippen molar-refractivity contribution in [3.8, 4) is 0 Å². The normalized spacial score (nSPS) is 14.9. The van der Waals surface area contributed by atoms with Crippen molar-refractivity contribution in [3.63, 3.8) is 0 Å². The topological polar surface area (TPSA) is 41.0 Å². The summed E-state index contributed by atoms with van der Waals surface area (Å²) in [6.07, 6.45) is 1.74. The van der Waals surface area contributed by atoms with E-state index < -0.39 is 0 Å². The molecule has 2 aromatic heterocycles. The van der Waals surface area contributed by atoms with Crippen LogP contribution in [0.2, 0.25) is 0 Å². The van der Waals surface area contributed by atoms with Crippen LogP contribution in [0, 0.1) is 4.77 Å². The number of aryl methyl sites for hydroxylation is 1. The number of nitrogens with zero attached hydrogens (tertiary/aromatic N) is 2. The third-order valence-corrected chi connectivity index (χ3v) is 6.09. The van der Waals surface area contributed by atoms with E-state index in [9.17, 15) is 4.79 Å². The number of benzene rings is 1. The number of aromatic amines is 1. The second kappa shape index (κ2) is 6.27. The first-order chi connectivity index (χ1) is 11.6. The van der Waals surface area contributed by atoms with Crippen LogP contribution in [0.4, 0.5) is 0 Å². The number of aromatic nitrogens is 2. The first kappa shape index (κ1) is 15.7. The zero-order chi connectivity index (χ0) is 16.7. The van der Waals surface area contributed by atoms with Gasteiger partial charge >= 0.3 is 0 Å². The Morgan fingerprint density at radius 1 is 1.29 bits per heavy atom. The molecule has 0 saturated heterocycles. The van der Waals surface area contributed by atoms with Gasteiger partial charge in [0.15, 0.2) is 4.77 Å². The van der Waals surface area contributed by atoms with Gasteiger partial charge in [-0.05, 0) is 43.2 Å². The molecule has 0 fully saturated rings. The second-order valence-electron chi connectivity index (χ2n) is 6.32. The summed E-state index contributed by atoms with van der Waals surface area (Å²) in [6, 6.07) is 10.2. The fourth-order valence-corrected chi connectivity index (χ4v) is 4.99. The van der Waals surface area contributed by atoms with Gasteiger partial charge in [-0.25, -0.2) is 0 Å². The number of hydrogen-bond donors (Lipinski definition) is 1. The zero-order valence-corrected chi connectivity index (χ0v) is 15.2. The molecule has 0 bridgehead atoms. The van der Waals surface area contributed by atoms with Crippen molar-refractivity contribution in [1.82, 2.24) is 14.5 Å². The van der Waals surface area contributed by atoms with Crippen LogP contribution in [0.25, 0.3) is 10.2 Å². The number of rotatable bonds is 3. The molecule has 0 unspecified atom stereocenters. The highest BCUT2D eigenvalue weighted by Crippen LogP contribution is 2.31. The minimum atomic E-state index is 0.0618. The predicted octanol–water partition coefficient (Wildman–Crippen LogP) is 3.35.